The van der Waals surface area contributed by atoms with E-state index in [1.807, 2.05) is 43.3 Å². The fourth-order valence-electron chi connectivity index (χ4n) is 1.71. The van der Waals surface area contributed by atoms with Gasteiger partial charge in [-0.1, -0.05) is 35.0 Å². The minimum absolute atomic E-state index is 0.144. The topological polar surface area (TPSA) is 55.1 Å². The van der Waals surface area contributed by atoms with E-state index < -0.39 is 6.04 Å². The SMILES string of the molecule is CCC(N)C(=O)Nc1ccc2cc(Br)ccc2c1. The summed E-state index contributed by atoms with van der Waals surface area (Å²) >= 11 is 3.43. The van der Waals surface area contributed by atoms with Crippen LogP contribution in [-0.4, -0.2) is 11.9 Å². The lowest BCUT2D eigenvalue weighted by Crippen LogP contribution is -2.34. The summed E-state index contributed by atoms with van der Waals surface area (Å²) in [6.07, 6.45) is 0.631. The molecular weight excluding hydrogens is 292 g/mol. The quantitative estimate of drug-likeness (QED) is 0.914. The molecule has 0 aliphatic rings. The van der Waals surface area contributed by atoms with Crippen molar-refractivity contribution in [1.82, 2.24) is 0 Å². The first kappa shape index (κ1) is 13.1. The first-order valence-corrected chi connectivity index (χ1v) is 6.65. The molecule has 94 valence electrons. The maximum absolute atomic E-state index is 11.7. The van der Waals surface area contributed by atoms with Gasteiger partial charge in [-0.2, -0.15) is 0 Å². The number of carbonyl (C=O) groups is 1. The van der Waals surface area contributed by atoms with E-state index in [9.17, 15) is 4.79 Å². The first-order chi connectivity index (χ1) is 8.60. The van der Waals surface area contributed by atoms with Gasteiger partial charge in [-0.15, -0.1) is 0 Å². The van der Waals surface area contributed by atoms with E-state index in [4.69, 9.17) is 5.73 Å². The van der Waals surface area contributed by atoms with E-state index in [-0.39, 0.29) is 5.91 Å². The van der Waals surface area contributed by atoms with Crippen molar-refractivity contribution in [3.63, 3.8) is 0 Å². The summed E-state index contributed by atoms with van der Waals surface area (Å²) in [6, 6.07) is 11.4. The fraction of sp³-hybridized carbons (Fsp3) is 0.214. The minimum Gasteiger partial charge on any atom is -0.325 e. The van der Waals surface area contributed by atoms with Crippen molar-refractivity contribution in [2.24, 2.45) is 5.73 Å². The predicted molar refractivity (Wildman–Crippen MR) is 78.5 cm³/mol. The second-order valence-electron chi connectivity index (χ2n) is 4.21. The zero-order chi connectivity index (χ0) is 13.1. The minimum atomic E-state index is -0.453. The van der Waals surface area contributed by atoms with Gasteiger partial charge in [-0.25, -0.2) is 0 Å². The monoisotopic (exact) mass is 306 g/mol. The van der Waals surface area contributed by atoms with Gasteiger partial charge < -0.3 is 11.1 Å². The summed E-state index contributed by atoms with van der Waals surface area (Å²) in [7, 11) is 0. The molecular formula is C14H15BrN2O. The second kappa shape index (κ2) is 5.50. The predicted octanol–water partition coefficient (Wildman–Crippen LogP) is 3.28. The molecule has 3 nitrogen and oxygen atoms in total. The van der Waals surface area contributed by atoms with Crippen LogP contribution in [0.5, 0.6) is 0 Å². The van der Waals surface area contributed by atoms with Gasteiger partial charge in [-0.05, 0) is 41.5 Å². The molecule has 2 rings (SSSR count). The lowest BCUT2D eigenvalue weighted by molar-refractivity contribution is -0.117. The zero-order valence-corrected chi connectivity index (χ0v) is 11.7. The van der Waals surface area contributed by atoms with Gasteiger partial charge in [0.25, 0.3) is 0 Å². The number of amides is 1. The Labute approximate surface area is 114 Å². The summed E-state index contributed by atoms with van der Waals surface area (Å²) in [5.41, 5.74) is 6.46. The summed E-state index contributed by atoms with van der Waals surface area (Å²) in [4.78, 5) is 11.7. The van der Waals surface area contributed by atoms with Crippen LogP contribution in [-0.2, 0) is 4.79 Å². The van der Waals surface area contributed by atoms with Gasteiger partial charge in [0, 0.05) is 10.2 Å². The Kier molecular flexibility index (Phi) is 3.99. The van der Waals surface area contributed by atoms with Crippen LogP contribution in [0.4, 0.5) is 5.69 Å². The number of hydrogen-bond acceptors (Lipinski definition) is 2. The Bertz CT molecular complexity index is 583. The summed E-state index contributed by atoms with van der Waals surface area (Å²) in [6.45, 7) is 1.89. The average Bonchev–Trinajstić information content (AvgIpc) is 2.38. The third-order valence-electron chi connectivity index (χ3n) is 2.85. The van der Waals surface area contributed by atoms with Crippen molar-refractivity contribution in [3.8, 4) is 0 Å². The van der Waals surface area contributed by atoms with Crippen molar-refractivity contribution in [2.45, 2.75) is 19.4 Å². The van der Waals surface area contributed by atoms with Crippen molar-refractivity contribution >= 4 is 38.3 Å². The molecule has 0 saturated carbocycles. The molecule has 0 radical (unpaired) electrons. The van der Waals surface area contributed by atoms with E-state index in [0.29, 0.717) is 6.42 Å². The molecule has 4 heteroatoms. The van der Waals surface area contributed by atoms with Gasteiger partial charge in [0.15, 0.2) is 0 Å². The van der Waals surface area contributed by atoms with Gasteiger partial charge in [-0.3, -0.25) is 4.79 Å². The molecule has 0 aromatic heterocycles. The molecule has 1 unspecified atom stereocenters. The molecule has 0 fully saturated rings. The fourth-order valence-corrected chi connectivity index (χ4v) is 2.09. The lowest BCUT2D eigenvalue weighted by Gasteiger charge is -2.10. The number of carbonyl (C=O) groups excluding carboxylic acids is 1. The van der Waals surface area contributed by atoms with Crippen LogP contribution in [0.25, 0.3) is 10.8 Å². The van der Waals surface area contributed by atoms with Gasteiger partial charge >= 0.3 is 0 Å². The molecule has 18 heavy (non-hydrogen) atoms. The van der Waals surface area contributed by atoms with Crippen LogP contribution in [0.3, 0.4) is 0 Å². The van der Waals surface area contributed by atoms with Gasteiger partial charge in [0.1, 0.15) is 0 Å². The molecule has 0 saturated heterocycles. The van der Waals surface area contributed by atoms with Crippen LogP contribution in [0.1, 0.15) is 13.3 Å². The Morgan fingerprint density at radius 2 is 1.94 bits per heavy atom. The molecule has 3 N–H and O–H groups in total. The normalized spacial score (nSPS) is 12.4. The zero-order valence-electron chi connectivity index (χ0n) is 10.1. The second-order valence-corrected chi connectivity index (χ2v) is 5.13. The van der Waals surface area contributed by atoms with Crippen LogP contribution in [0.2, 0.25) is 0 Å². The molecule has 0 aliphatic heterocycles. The maximum atomic E-state index is 11.7. The van der Waals surface area contributed by atoms with Gasteiger partial charge in [0.05, 0.1) is 6.04 Å². The van der Waals surface area contributed by atoms with Crippen molar-refractivity contribution in [3.05, 3.63) is 40.9 Å². The molecule has 1 atom stereocenters. The smallest absolute Gasteiger partial charge is 0.241 e. The van der Waals surface area contributed by atoms with Crippen molar-refractivity contribution in [2.75, 3.05) is 5.32 Å². The molecule has 0 bridgehead atoms. The Morgan fingerprint density at radius 3 is 2.67 bits per heavy atom. The van der Waals surface area contributed by atoms with E-state index in [1.165, 1.54) is 0 Å². The van der Waals surface area contributed by atoms with Crippen molar-refractivity contribution < 1.29 is 4.79 Å². The Balaban J connectivity index is 2.25. The number of halogens is 1. The highest BCUT2D eigenvalue weighted by Crippen LogP contribution is 2.23. The molecule has 0 heterocycles. The average molecular weight is 307 g/mol. The van der Waals surface area contributed by atoms with E-state index >= 15 is 0 Å². The van der Waals surface area contributed by atoms with Crippen LogP contribution in [0, 0.1) is 0 Å². The number of fused-ring (bicyclic) bond motifs is 1. The highest BCUT2D eigenvalue weighted by atomic mass is 79.9. The third-order valence-corrected chi connectivity index (χ3v) is 3.34. The number of anilines is 1. The van der Waals surface area contributed by atoms with Crippen molar-refractivity contribution in [1.29, 1.82) is 0 Å². The highest BCUT2D eigenvalue weighted by molar-refractivity contribution is 9.10. The third kappa shape index (κ3) is 2.89. The van der Waals surface area contributed by atoms with Gasteiger partial charge in [0.2, 0.25) is 5.91 Å². The lowest BCUT2D eigenvalue weighted by atomic mass is 10.1. The van der Waals surface area contributed by atoms with Crippen LogP contribution < -0.4 is 11.1 Å². The Hall–Kier alpha value is -1.39. The van der Waals surface area contributed by atoms with E-state index in [2.05, 4.69) is 21.2 Å². The van der Waals surface area contributed by atoms with Crippen LogP contribution >= 0.6 is 15.9 Å². The largest absolute Gasteiger partial charge is 0.325 e. The number of hydrogen-bond donors (Lipinski definition) is 2. The molecule has 0 spiro atoms. The summed E-state index contributed by atoms with van der Waals surface area (Å²) < 4.78 is 1.04. The maximum Gasteiger partial charge on any atom is 0.241 e. The molecule has 1 amide bonds. The Morgan fingerprint density at radius 1 is 1.28 bits per heavy atom. The van der Waals surface area contributed by atoms with E-state index in [1.54, 1.807) is 0 Å². The number of nitrogens with two attached hydrogens (primary N) is 1. The number of benzene rings is 2. The number of rotatable bonds is 3. The molecule has 2 aromatic rings. The highest BCUT2D eigenvalue weighted by Gasteiger charge is 2.10. The molecule has 0 aliphatic carbocycles. The molecule has 2 aromatic carbocycles. The number of nitrogens with one attached hydrogen (secondary N) is 1. The first-order valence-electron chi connectivity index (χ1n) is 5.86. The standard InChI is InChI=1S/C14H15BrN2O/c1-2-13(16)14(18)17-12-6-4-9-7-11(15)5-3-10(9)8-12/h3-8,13H,2,16H2,1H3,(H,17,18). The van der Waals surface area contributed by atoms with Crippen LogP contribution in [0.15, 0.2) is 40.9 Å². The summed E-state index contributed by atoms with van der Waals surface area (Å²) in [5.74, 6) is -0.144. The summed E-state index contributed by atoms with van der Waals surface area (Å²) in [5, 5.41) is 5.04. The van der Waals surface area contributed by atoms with E-state index in [0.717, 1.165) is 20.9 Å².